The van der Waals surface area contributed by atoms with E-state index in [0.29, 0.717) is 0 Å². The molecule has 1 aromatic heterocycles. The second-order valence-corrected chi connectivity index (χ2v) is 6.88. The minimum absolute atomic E-state index is 0.816. The molecule has 4 aromatic rings. The molecule has 0 N–H and O–H groups in total. The van der Waals surface area contributed by atoms with Gasteiger partial charge in [0.05, 0.1) is 32.7 Å². The average Bonchev–Trinajstić information content (AvgIpc) is 3.16. The second-order valence-electron chi connectivity index (χ2n) is 6.88. The Labute approximate surface area is 176 Å². The van der Waals surface area contributed by atoms with Gasteiger partial charge < -0.3 is 18.8 Å². The van der Waals surface area contributed by atoms with E-state index in [9.17, 15) is 0 Å². The molecule has 4 rings (SSSR count). The maximum atomic E-state index is 5.32. The van der Waals surface area contributed by atoms with Crippen LogP contribution in [0.4, 0.5) is 0 Å². The van der Waals surface area contributed by atoms with Gasteiger partial charge in [0.15, 0.2) is 0 Å². The summed E-state index contributed by atoms with van der Waals surface area (Å²) >= 11 is 0. The van der Waals surface area contributed by atoms with E-state index in [1.807, 2.05) is 67.7 Å². The Bertz CT molecular complexity index is 1130. The van der Waals surface area contributed by atoms with Gasteiger partial charge in [0.25, 0.3) is 0 Å². The van der Waals surface area contributed by atoms with Crippen LogP contribution < -0.4 is 14.2 Å². The fraction of sp³-hybridized carbons (Fsp3) is 0.160. The van der Waals surface area contributed by atoms with Gasteiger partial charge in [0, 0.05) is 23.7 Å². The molecule has 0 spiro atoms. The lowest BCUT2D eigenvalue weighted by molar-refractivity contribution is 0.414. The van der Waals surface area contributed by atoms with Gasteiger partial charge in [-0.05, 0) is 72.8 Å². The number of hydrogen-bond donors (Lipinski definition) is 0. The van der Waals surface area contributed by atoms with Gasteiger partial charge in [-0.1, -0.05) is 0 Å². The van der Waals surface area contributed by atoms with E-state index in [1.54, 1.807) is 21.3 Å². The summed E-state index contributed by atoms with van der Waals surface area (Å²) in [6, 6.07) is 24.0. The fourth-order valence-corrected chi connectivity index (χ4v) is 3.53. The molecule has 30 heavy (non-hydrogen) atoms. The van der Waals surface area contributed by atoms with E-state index in [0.717, 1.165) is 51.2 Å². The van der Waals surface area contributed by atoms with Gasteiger partial charge in [-0.15, -0.1) is 0 Å². The first kappa shape index (κ1) is 19.6. The van der Waals surface area contributed by atoms with Crippen molar-refractivity contribution in [1.82, 2.24) is 9.55 Å². The van der Waals surface area contributed by atoms with Gasteiger partial charge in [-0.25, -0.2) is 4.98 Å². The smallest absolute Gasteiger partial charge is 0.140 e. The zero-order valence-corrected chi connectivity index (χ0v) is 17.5. The van der Waals surface area contributed by atoms with Crippen molar-refractivity contribution in [1.29, 1.82) is 0 Å². The van der Waals surface area contributed by atoms with E-state index in [1.165, 1.54) is 0 Å². The van der Waals surface area contributed by atoms with Crippen molar-refractivity contribution in [2.45, 2.75) is 0 Å². The van der Waals surface area contributed by atoms with E-state index in [2.05, 4.69) is 16.7 Å². The minimum Gasteiger partial charge on any atom is -0.497 e. The van der Waals surface area contributed by atoms with E-state index >= 15 is 0 Å². The van der Waals surface area contributed by atoms with Crippen LogP contribution in [0, 0.1) is 0 Å². The predicted molar refractivity (Wildman–Crippen MR) is 119 cm³/mol. The third-order valence-electron chi connectivity index (χ3n) is 5.17. The summed E-state index contributed by atoms with van der Waals surface area (Å²) in [4.78, 5) is 5.03. The van der Waals surface area contributed by atoms with Crippen LogP contribution in [0.5, 0.6) is 17.2 Å². The number of aromatic nitrogens is 2. The van der Waals surface area contributed by atoms with Crippen molar-refractivity contribution in [2.75, 3.05) is 21.3 Å². The molecule has 3 aromatic carbocycles. The normalized spacial score (nSPS) is 10.7. The summed E-state index contributed by atoms with van der Waals surface area (Å²) in [7, 11) is 7.04. The van der Waals surface area contributed by atoms with E-state index in [-0.39, 0.29) is 0 Å². The average molecular weight is 400 g/mol. The maximum Gasteiger partial charge on any atom is 0.140 e. The Hall–Kier alpha value is -3.73. The predicted octanol–water partition coefficient (Wildman–Crippen LogP) is 5.45. The molecule has 0 saturated heterocycles. The lowest BCUT2D eigenvalue weighted by Crippen LogP contribution is -1.96. The fourth-order valence-electron chi connectivity index (χ4n) is 3.53. The molecular weight excluding hydrogens is 376 g/mol. The molecule has 1 heterocycles. The van der Waals surface area contributed by atoms with Crippen molar-refractivity contribution in [3.8, 4) is 51.2 Å². The molecule has 5 nitrogen and oxygen atoms in total. The number of imidazole rings is 1. The largest absolute Gasteiger partial charge is 0.497 e. The van der Waals surface area contributed by atoms with Gasteiger partial charge in [-0.3, -0.25) is 0 Å². The molecule has 0 atom stereocenters. The third-order valence-corrected chi connectivity index (χ3v) is 5.17. The highest BCUT2D eigenvalue weighted by Crippen LogP contribution is 2.36. The highest BCUT2D eigenvalue weighted by Gasteiger charge is 2.19. The number of methoxy groups -OCH3 is 3. The lowest BCUT2D eigenvalue weighted by Gasteiger charge is -2.10. The van der Waals surface area contributed by atoms with Crippen LogP contribution in [-0.4, -0.2) is 30.9 Å². The Morgan fingerprint density at radius 1 is 0.567 bits per heavy atom. The van der Waals surface area contributed by atoms with Gasteiger partial charge >= 0.3 is 0 Å². The molecule has 0 amide bonds. The lowest BCUT2D eigenvalue weighted by atomic mass is 10.0. The van der Waals surface area contributed by atoms with Crippen LogP contribution in [0.2, 0.25) is 0 Å². The Kier molecular flexibility index (Phi) is 5.44. The van der Waals surface area contributed by atoms with E-state index in [4.69, 9.17) is 19.2 Å². The quantitative estimate of drug-likeness (QED) is 0.432. The van der Waals surface area contributed by atoms with Gasteiger partial charge in [0.1, 0.15) is 23.1 Å². The monoisotopic (exact) mass is 400 g/mol. The van der Waals surface area contributed by atoms with Crippen LogP contribution in [-0.2, 0) is 7.05 Å². The standard InChI is InChI=1S/C25H24N2O3/c1-27-24(18-7-13-21(29-3)14-8-18)23(17-5-11-20(28-2)12-6-17)26-25(27)19-9-15-22(30-4)16-10-19/h5-16H,1-4H3. The van der Waals surface area contributed by atoms with Crippen molar-refractivity contribution < 1.29 is 14.2 Å². The van der Waals surface area contributed by atoms with Crippen molar-refractivity contribution >= 4 is 0 Å². The van der Waals surface area contributed by atoms with Gasteiger partial charge in [-0.2, -0.15) is 0 Å². The summed E-state index contributed by atoms with van der Waals surface area (Å²) in [5.74, 6) is 3.34. The van der Waals surface area contributed by atoms with Crippen LogP contribution in [0.1, 0.15) is 0 Å². The number of benzene rings is 3. The first-order valence-electron chi connectivity index (χ1n) is 9.64. The molecule has 152 valence electrons. The molecule has 5 heteroatoms. The Balaban J connectivity index is 1.89. The summed E-state index contributed by atoms with van der Waals surface area (Å²) in [6.45, 7) is 0. The maximum absolute atomic E-state index is 5.32. The summed E-state index contributed by atoms with van der Waals surface area (Å²) in [5, 5.41) is 0. The first-order valence-corrected chi connectivity index (χ1v) is 9.64. The third kappa shape index (κ3) is 3.62. The molecule has 0 fully saturated rings. The van der Waals surface area contributed by atoms with Crippen LogP contribution in [0.15, 0.2) is 72.8 Å². The molecular formula is C25H24N2O3. The van der Waals surface area contributed by atoms with Crippen LogP contribution in [0.3, 0.4) is 0 Å². The minimum atomic E-state index is 0.816. The van der Waals surface area contributed by atoms with Gasteiger partial charge in [0.2, 0.25) is 0 Å². The molecule has 0 radical (unpaired) electrons. The Morgan fingerprint density at radius 3 is 1.40 bits per heavy atom. The molecule has 0 unspecified atom stereocenters. The number of ether oxygens (including phenoxy) is 3. The van der Waals surface area contributed by atoms with Crippen molar-refractivity contribution in [3.63, 3.8) is 0 Å². The molecule has 0 saturated carbocycles. The summed E-state index contributed by atoms with van der Waals surface area (Å²) in [6.07, 6.45) is 0. The molecule has 0 aliphatic carbocycles. The molecule has 0 bridgehead atoms. The van der Waals surface area contributed by atoms with Crippen LogP contribution in [0.25, 0.3) is 33.9 Å². The number of nitrogens with zero attached hydrogens (tertiary/aromatic N) is 2. The number of rotatable bonds is 6. The van der Waals surface area contributed by atoms with Crippen LogP contribution >= 0.6 is 0 Å². The zero-order valence-electron chi connectivity index (χ0n) is 17.5. The second kappa shape index (κ2) is 8.33. The highest BCUT2D eigenvalue weighted by molar-refractivity contribution is 5.82. The first-order chi connectivity index (χ1) is 14.6. The topological polar surface area (TPSA) is 45.5 Å². The van der Waals surface area contributed by atoms with E-state index < -0.39 is 0 Å². The van der Waals surface area contributed by atoms with Crippen molar-refractivity contribution in [3.05, 3.63) is 72.8 Å². The number of hydrogen-bond acceptors (Lipinski definition) is 4. The SMILES string of the molecule is COc1ccc(-c2nc(-c3ccc(OC)cc3)n(C)c2-c2ccc(OC)cc2)cc1. The summed E-state index contributed by atoms with van der Waals surface area (Å²) in [5.41, 5.74) is 5.06. The molecule has 0 aliphatic heterocycles. The molecule has 0 aliphatic rings. The van der Waals surface area contributed by atoms with Crippen molar-refractivity contribution in [2.24, 2.45) is 7.05 Å². The summed E-state index contributed by atoms with van der Waals surface area (Å²) < 4.78 is 18.1. The Morgan fingerprint density at radius 2 is 0.967 bits per heavy atom. The zero-order chi connectivity index (χ0) is 21.1. The highest BCUT2D eigenvalue weighted by atomic mass is 16.5.